The number of nitrogens with zero attached hydrogens (tertiary/aromatic N) is 1. The van der Waals surface area contributed by atoms with Crippen molar-refractivity contribution < 1.29 is 28.8 Å². The van der Waals surface area contributed by atoms with Gasteiger partial charge in [0.1, 0.15) is 6.10 Å². The van der Waals surface area contributed by atoms with Gasteiger partial charge in [-0.2, -0.15) is 0 Å². The topological polar surface area (TPSA) is 69.6 Å². The fourth-order valence-corrected chi connectivity index (χ4v) is 4.09. The molecule has 2 aromatic carbocycles. The molecular weight excluding hydrogens is 398 g/mol. The zero-order valence-corrected chi connectivity index (χ0v) is 17.1. The van der Waals surface area contributed by atoms with Gasteiger partial charge in [-0.15, -0.1) is 0 Å². The lowest BCUT2D eigenvalue weighted by molar-refractivity contribution is -0.0960. The highest BCUT2D eigenvalue weighted by atomic mass is 35.5. The summed E-state index contributed by atoms with van der Waals surface area (Å²) in [5.41, 5.74) is 1.90. The van der Waals surface area contributed by atoms with Crippen LogP contribution in [0.5, 0.6) is 23.0 Å². The molecule has 7 nitrogen and oxygen atoms in total. The molecule has 0 aromatic heterocycles. The standard InChI is InChI=1S/C21H24ClNO6/c1-25-16-4-3-13(7-17(16)26-2)21-20(11-24)27-6-5-23(21)10-14-8-18-19(9-15(14)22)29-12-28-18/h3-4,7-9,20-21,24H,5-6,10-12H2,1-2H3/t20-,21-/m1/s1. The molecule has 29 heavy (non-hydrogen) atoms. The zero-order chi connectivity index (χ0) is 20.4. The highest BCUT2D eigenvalue weighted by Crippen LogP contribution is 2.40. The maximum atomic E-state index is 9.95. The number of rotatable bonds is 6. The molecule has 0 amide bonds. The van der Waals surface area contributed by atoms with E-state index in [2.05, 4.69) is 4.90 Å². The summed E-state index contributed by atoms with van der Waals surface area (Å²) in [5, 5.41) is 10.6. The smallest absolute Gasteiger partial charge is 0.231 e. The highest BCUT2D eigenvalue weighted by molar-refractivity contribution is 6.31. The van der Waals surface area contributed by atoms with E-state index >= 15 is 0 Å². The van der Waals surface area contributed by atoms with Crippen LogP contribution in [0, 0.1) is 0 Å². The normalized spacial score (nSPS) is 21.2. The van der Waals surface area contributed by atoms with E-state index in [1.165, 1.54) is 0 Å². The largest absolute Gasteiger partial charge is 0.493 e. The predicted octanol–water partition coefficient (Wildman–Crippen LogP) is 3.02. The molecule has 0 bridgehead atoms. The third kappa shape index (κ3) is 3.96. The van der Waals surface area contributed by atoms with Crippen LogP contribution in [-0.4, -0.2) is 56.9 Å². The average molecular weight is 422 g/mol. The predicted molar refractivity (Wildman–Crippen MR) is 107 cm³/mol. The summed E-state index contributed by atoms with van der Waals surface area (Å²) in [6, 6.07) is 9.29. The van der Waals surface area contributed by atoms with E-state index in [0.717, 1.165) is 11.1 Å². The van der Waals surface area contributed by atoms with Crippen molar-refractivity contribution in [3.63, 3.8) is 0 Å². The lowest BCUT2D eigenvalue weighted by Crippen LogP contribution is -2.46. The van der Waals surface area contributed by atoms with Gasteiger partial charge in [0.15, 0.2) is 23.0 Å². The molecule has 1 fully saturated rings. The van der Waals surface area contributed by atoms with E-state index in [0.29, 0.717) is 47.7 Å². The Labute approximate surface area is 174 Å². The van der Waals surface area contributed by atoms with Crippen LogP contribution in [0.15, 0.2) is 30.3 Å². The Morgan fingerprint density at radius 2 is 1.86 bits per heavy atom. The van der Waals surface area contributed by atoms with Crippen LogP contribution in [0.1, 0.15) is 17.2 Å². The number of methoxy groups -OCH3 is 2. The van der Waals surface area contributed by atoms with Crippen molar-refractivity contribution in [3.05, 3.63) is 46.5 Å². The Morgan fingerprint density at radius 1 is 1.10 bits per heavy atom. The van der Waals surface area contributed by atoms with Crippen molar-refractivity contribution in [2.24, 2.45) is 0 Å². The number of fused-ring (bicyclic) bond motifs is 1. The van der Waals surface area contributed by atoms with Gasteiger partial charge in [-0.25, -0.2) is 0 Å². The molecule has 0 unspecified atom stereocenters. The van der Waals surface area contributed by atoms with Crippen molar-refractivity contribution in [2.75, 3.05) is 40.8 Å². The van der Waals surface area contributed by atoms with Gasteiger partial charge >= 0.3 is 0 Å². The van der Waals surface area contributed by atoms with Gasteiger partial charge in [0.05, 0.1) is 33.5 Å². The Balaban J connectivity index is 1.66. The van der Waals surface area contributed by atoms with Gasteiger partial charge in [-0.1, -0.05) is 17.7 Å². The molecule has 0 spiro atoms. The number of benzene rings is 2. The van der Waals surface area contributed by atoms with Crippen LogP contribution in [-0.2, 0) is 11.3 Å². The van der Waals surface area contributed by atoms with E-state index in [1.54, 1.807) is 20.3 Å². The number of ether oxygens (including phenoxy) is 5. The average Bonchev–Trinajstić information content (AvgIpc) is 3.20. The summed E-state index contributed by atoms with van der Waals surface area (Å²) < 4.78 is 27.6. The van der Waals surface area contributed by atoms with Gasteiger partial charge in [-0.3, -0.25) is 4.90 Å². The van der Waals surface area contributed by atoms with E-state index in [1.807, 2.05) is 24.3 Å². The molecule has 1 saturated heterocycles. The summed E-state index contributed by atoms with van der Waals surface area (Å²) in [4.78, 5) is 2.25. The Hall–Kier alpha value is -2.19. The summed E-state index contributed by atoms with van der Waals surface area (Å²) in [6.07, 6.45) is -0.366. The number of morpholine rings is 1. The van der Waals surface area contributed by atoms with Crippen LogP contribution in [0.3, 0.4) is 0 Å². The second kappa shape index (κ2) is 8.67. The van der Waals surface area contributed by atoms with Crippen molar-refractivity contribution in [1.29, 1.82) is 0 Å². The van der Waals surface area contributed by atoms with Gasteiger partial charge < -0.3 is 28.8 Å². The van der Waals surface area contributed by atoms with Crippen LogP contribution in [0.4, 0.5) is 0 Å². The molecule has 0 radical (unpaired) electrons. The number of halogens is 1. The van der Waals surface area contributed by atoms with Gasteiger partial charge in [0.2, 0.25) is 6.79 Å². The number of hydrogen-bond acceptors (Lipinski definition) is 7. The molecule has 2 aliphatic heterocycles. The molecule has 2 atom stereocenters. The molecular formula is C21H24ClNO6. The Kier molecular flexibility index (Phi) is 6.01. The fourth-order valence-electron chi connectivity index (χ4n) is 3.88. The first-order valence-corrected chi connectivity index (χ1v) is 9.79. The third-order valence-corrected chi connectivity index (χ3v) is 5.65. The van der Waals surface area contributed by atoms with E-state index in [9.17, 15) is 5.11 Å². The van der Waals surface area contributed by atoms with E-state index < -0.39 is 0 Å². The number of aliphatic hydroxyl groups excluding tert-OH is 1. The quantitative estimate of drug-likeness (QED) is 0.768. The van der Waals surface area contributed by atoms with Gasteiger partial charge in [0, 0.05) is 24.2 Å². The van der Waals surface area contributed by atoms with E-state index in [4.69, 9.17) is 35.3 Å². The molecule has 4 rings (SSSR count). The van der Waals surface area contributed by atoms with Crippen molar-refractivity contribution >= 4 is 11.6 Å². The lowest BCUT2D eigenvalue weighted by Gasteiger charge is -2.41. The first kappa shape index (κ1) is 20.1. The Bertz CT molecular complexity index is 876. The summed E-state index contributed by atoms with van der Waals surface area (Å²) in [5.74, 6) is 2.64. The highest BCUT2D eigenvalue weighted by Gasteiger charge is 2.34. The molecule has 2 heterocycles. The summed E-state index contributed by atoms with van der Waals surface area (Å²) in [6.45, 7) is 1.91. The summed E-state index contributed by atoms with van der Waals surface area (Å²) >= 11 is 6.50. The molecule has 1 N–H and O–H groups in total. The maximum absolute atomic E-state index is 9.95. The lowest BCUT2D eigenvalue weighted by atomic mass is 9.97. The fraction of sp³-hybridized carbons (Fsp3) is 0.429. The zero-order valence-electron chi connectivity index (χ0n) is 16.4. The number of aliphatic hydroxyl groups is 1. The van der Waals surface area contributed by atoms with Crippen LogP contribution < -0.4 is 18.9 Å². The van der Waals surface area contributed by atoms with Gasteiger partial charge in [0.25, 0.3) is 0 Å². The van der Waals surface area contributed by atoms with Crippen LogP contribution in [0.25, 0.3) is 0 Å². The second-order valence-electron chi connectivity index (χ2n) is 6.92. The van der Waals surface area contributed by atoms with Gasteiger partial charge in [-0.05, 0) is 29.3 Å². The minimum atomic E-state index is -0.366. The minimum Gasteiger partial charge on any atom is -0.493 e. The summed E-state index contributed by atoms with van der Waals surface area (Å²) in [7, 11) is 3.21. The SMILES string of the molecule is COc1ccc([C@@H]2[C@@H](CO)OCCN2Cc2cc3c(cc2Cl)OCO3)cc1OC. The minimum absolute atomic E-state index is 0.0929. The van der Waals surface area contributed by atoms with Crippen molar-refractivity contribution in [3.8, 4) is 23.0 Å². The first-order chi connectivity index (χ1) is 14.1. The van der Waals surface area contributed by atoms with E-state index in [-0.39, 0.29) is 25.5 Å². The third-order valence-electron chi connectivity index (χ3n) is 5.30. The van der Waals surface area contributed by atoms with Crippen LogP contribution in [0.2, 0.25) is 5.02 Å². The molecule has 8 heteroatoms. The number of hydrogen-bond donors (Lipinski definition) is 1. The van der Waals surface area contributed by atoms with Crippen molar-refractivity contribution in [2.45, 2.75) is 18.7 Å². The molecule has 0 saturated carbocycles. The van der Waals surface area contributed by atoms with Crippen LogP contribution >= 0.6 is 11.6 Å². The Morgan fingerprint density at radius 3 is 2.59 bits per heavy atom. The molecule has 2 aliphatic rings. The molecule has 2 aromatic rings. The maximum Gasteiger partial charge on any atom is 0.231 e. The molecule has 156 valence electrons. The first-order valence-electron chi connectivity index (χ1n) is 9.41. The molecule has 0 aliphatic carbocycles. The monoisotopic (exact) mass is 421 g/mol. The van der Waals surface area contributed by atoms with Crippen molar-refractivity contribution in [1.82, 2.24) is 4.90 Å². The second-order valence-corrected chi connectivity index (χ2v) is 7.33.